The second kappa shape index (κ2) is 12.0. The molecule has 7 heteroatoms. The summed E-state index contributed by atoms with van der Waals surface area (Å²) < 4.78 is 12.1. The number of rotatable bonds is 13. The van der Waals surface area contributed by atoms with Crippen molar-refractivity contribution < 1.29 is 13.9 Å². The number of oxazole rings is 1. The molecule has 36 heavy (non-hydrogen) atoms. The summed E-state index contributed by atoms with van der Waals surface area (Å²) in [6, 6.07) is 8.23. The molecule has 0 saturated carbocycles. The monoisotopic (exact) mass is 492 g/mol. The number of methoxy groups -OCH3 is 1. The molecule has 0 spiro atoms. The number of aryl methyl sites for hydroxylation is 1. The molecule has 7 nitrogen and oxygen atoms in total. The molecule has 194 valence electrons. The first-order valence-corrected chi connectivity index (χ1v) is 13.2. The Labute approximate surface area is 214 Å². The molecule has 0 aliphatic carbocycles. The van der Waals surface area contributed by atoms with Crippen LogP contribution in [0.5, 0.6) is 5.75 Å². The summed E-state index contributed by atoms with van der Waals surface area (Å²) in [5.74, 6) is 3.21. The Morgan fingerprint density at radius 1 is 1.25 bits per heavy atom. The summed E-state index contributed by atoms with van der Waals surface area (Å²) in [5.41, 5.74) is 2.76. The van der Waals surface area contributed by atoms with Crippen molar-refractivity contribution in [3.63, 3.8) is 0 Å². The van der Waals surface area contributed by atoms with Gasteiger partial charge in [0.05, 0.1) is 30.4 Å². The van der Waals surface area contributed by atoms with Crippen molar-refractivity contribution in [2.24, 2.45) is 5.92 Å². The Balaban J connectivity index is 1.53. The van der Waals surface area contributed by atoms with E-state index in [4.69, 9.17) is 14.1 Å². The van der Waals surface area contributed by atoms with Crippen molar-refractivity contribution >= 4 is 16.7 Å². The summed E-state index contributed by atoms with van der Waals surface area (Å²) in [5, 5.41) is 1.04. The van der Waals surface area contributed by atoms with Gasteiger partial charge in [0.1, 0.15) is 11.5 Å². The minimum atomic E-state index is 0.0994. The molecule has 0 unspecified atom stereocenters. The van der Waals surface area contributed by atoms with Crippen LogP contribution in [0.1, 0.15) is 63.1 Å². The molecular formula is C29H40N4O3. The zero-order valence-electron chi connectivity index (χ0n) is 22.4. The summed E-state index contributed by atoms with van der Waals surface area (Å²) in [6.07, 6.45) is 7.13. The van der Waals surface area contributed by atoms with Gasteiger partial charge in [0, 0.05) is 49.6 Å². The number of carbonyl (C=O) groups is 1. The highest BCUT2D eigenvalue weighted by Crippen LogP contribution is 2.36. The maximum absolute atomic E-state index is 11.7. The molecule has 0 bridgehead atoms. The molecule has 0 radical (unpaired) electrons. The van der Waals surface area contributed by atoms with Crippen LogP contribution in [0.25, 0.3) is 22.2 Å². The number of Topliss-reactive ketones (excluding diaryl/α,β-unsaturated/α-hetero) is 1. The van der Waals surface area contributed by atoms with E-state index in [2.05, 4.69) is 41.0 Å². The van der Waals surface area contributed by atoms with Gasteiger partial charge in [0.15, 0.2) is 5.76 Å². The van der Waals surface area contributed by atoms with Crippen molar-refractivity contribution in [2.45, 2.75) is 58.4 Å². The largest absolute Gasteiger partial charge is 0.496 e. The molecule has 3 aromatic rings. The first-order chi connectivity index (χ1) is 17.4. The number of aromatic nitrogens is 2. The molecule has 2 aromatic heterocycles. The quantitative estimate of drug-likeness (QED) is 0.285. The second-order valence-corrected chi connectivity index (χ2v) is 10.3. The smallest absolute Gasteiger partial charge is 0.212 e. The molecule has 0 amide bonds. The molecule has 1 aliphatic heterocycles. The number of likely N-dealkylation sites (tertiary alicyclic amines) is 1. The Bertz CT molecular complexity index is 1170. The second-order valence-electron chi connectivity index (χ2n) is 10.3. The highest BCUT2D eigenvalue weighted by Gasteiger charge is 2.29. The fraction of sp³-hybridized carbons (Fsp3) is 0.552. The van der Waals surface area contributed by atoms with Gasteiger partial charge < -0.3 is 14.1 Å². The minimum Gasteiger partial charge on any atom is -0.496 e. The lowest BCUT2D eigenvalue weighted by Crippen LogP contribution is -2.49. The molecule has 1 fully saturated rings. The van der Waals surface area contributed by atoms with E-state index < -0.39 is 0 Å². The minimum absolute atomic E-state index is 0.0994. The Hall–Kier alpha value is -2.77. The SMILES string of the molecule is CCC(=O)CCCCC[C@@H](c1ncc(-c2cc3ccc(C)nc3cc2OC)o1)N(C)CC1CN(C)C1. The predicted molar refractivity (Wildman–Crippen MR) is 143 cm³/mol. The van der Waals surface area contributed by atoms with Gasteiger partial charge in [-0.3, -0.25) is 14.7 Å². The summed E-state index contributed by atoms with van der Waals surface area (Å²) in [6.45, 7) is 7.21. The molecular weight excluding hydrogens is 452 g/mol. The third kappa shape index (κ3) is 6.31. The molecule has 1 atom stereocenters. The number of fused-ring (bicyclic) bond motifs is 1. The standard InChI is InChI=1S/C29H40N4O3/c1-6-23(34)10-8-7-9-11-26(33(4)19-21-17-32(3)18-21)29-30-16-28(36-29)24-14-22-13-12-20(2)31-25(22)15-27(24)35-5/h12-16,21,26H,6-11,17-19H2,1-5H3/t26-/m0/s1. The van der Waals surface area contributed by atoms with Crippen LogP contribution in [-0.2, 0) is 4.79 Å². The van der Waals surface area contributed by atoms with Crippen LogP contribution in [0.3, 0.4) is 0 Å². The van der Waals surface area contributed by atoms with E-state index in [0.29, 0.717) is 30.3 Å². The van der Waals surface area contributed by atoms with Crippen LogP contribution in [-0.4, -0.2) is 66.4 Å². The van der Waals surface area contributed by atoms with Crippen LogP contribution >= 0.6 is 0 Å². The number of benzene rings is 1. The third-order valence-electron chi connectivity index (χ3n) is 7.27. The van der Waals surface area contributed by atoms with Gasteiger partial charge >= 0.3 is 0 Å². The Morgan fingerprint density at radius 2 is 2.06 bits per heavy atom. The number of ether oxygens (including phenoxy) is 1. The molecule has 1 saturated heterocycles. The highest BCUT2D eigenvalue weighted by molar-refractivity contribution is 5.87. The van der Waals surface area contributed by atoms with Crippen LogP contribution in [0.2, 0.25) is 0 Å². The fourth-order valence-corrected chi connectivity index (χ4v) is 5.21. The van der Waals surface area contributed by atoms with E-state index in [9.17, 15) is 4.79 Å². The Kier molecular flexibility index (Phi) is 8.75. The molecule has 3 heterocycles. The zero-order chi connectivity index (χ0) is 25.7. The van der Waals surface area contributed by atoms with Crippen LogP contribution in [0.15, 0.2) is 34.9 Å². The molecule has 4 rings (SSSR count). The molecule has 1 aliphatic rings. The first kappa shape index (κ1) is 26.3. The van der Waals surface area contributed by atoms with Crippen LogP contribution in [0, 0.1) is 12.8 Å². The van der Waals surface area contributed by atoms with Gasteiger partial charge in [-0.05, 0) is 51.9 Å². The first-order valence-electron chi connectivity index (χ1n) is 13.2. The van der Waals surface area contributed by atoms with E-state index in [1.165, 1.54) is 0 Å². The number of pyridine rings is 1. The van der Waals surface area contributed by atoms with Crippen molar-refractivity contribution in [3.8, 4) is 17.1 Å². The van der Waals surface area contributed by atoms with Gasteiger partial charge in [-0.25, -0.2) is 4.98 Å². The van der Waals surface area contributed by atoms with Gasteiger partial charge in [0.2, 0.25) is 5.89 Å². The van der Waals surface area contributed by atoms with Gasteiger partial charge in [-0.15, -0.1) is 0 Å². The van der Waals surface area contributed by atoms with Crippen molar-refractivity contribution in [2.75, 3.05) is 40.8 Å². The fourth-order valence-electron chi connectivity index (χ4n) is 5.21. The van der Waals surface area contributed by atoms with Crippen molar-refractivity contribution in [1.29, 1.82) is 0 Å². The van der Waals surface area contributed by atoms with Gasteiger partial charge in [0.25, 0.3) is 0 Å². The van der Waals surface area contributed by atoms with E-state index in [1.807, 2.05) is 32.2 Å². The number of ketones is 1. The van der Waals surface area contributed by atoms with Gasteiger partial charge in [-0.2, -0.15) is 0 Å². The molecule has 1 aromatic carbocycles. The number of carbonyl (C=O) groups excluding carboxylic acids is 1. The summed E-state index contributed by atoms with van der Waals surface area (Å²) in [4.78, 5) is 25.8. The zero-order valence-corrected chi connectivity index (χ0v) is 22.4. The number of hydrogen-bond acceptors (Lipinski definition) is 7. The lowest BCUT2D eigenvalue weighted by molar-refractivity contribution is -0.118. The average Bonchev–Trinajstić information content (AvgIpc) is 3.33. The third-order valence-corrected chi connectivity index (χ3v) is 7.27. The number of nitrogens with zero attached hydrogens (tertiary/aromatic N) is 4. The van der Waals surface area contributed by atoms with Crippen molar-refractivity contribution in [1.82, 2.24) is 19.8 Å². The predicted octanol–water partition coefficient (Wildman–Crippen LogP) is 5.67. The van der Waals surface area contributed by atoms with Crippen LogP contribution < -0.4 is 4.74 Å². The topological polar surface area (TPSA) is 71.7 Å². The lowest BCUT2D eigenvalue weighted by Gasteiger charge is -2.40. The van der Waals surface area contributed by atoms with E-state index in [1.54, 1.807) is 7.11 Å². The maximum atomic E-state index is 11.7. The number of hydrogen-bond donors (Lipinski definition) is 0. The van der Waals surface area contributed by atoms with Crippen LogP contribution in [0.4, 0.5) is 0 Å². The van der Waals surface area contributed by atoms with Gasteiger partial charge in [-0.1, -0.05) is 25.8 Å². The number of unbranched alkanes of at least 4 members (excludes halogenated alkanes) is 2. The maximum Gasteiger partial charge on any atom is 0.212 e. The van der Waals surface area contributed by atoms with E-state index in [-0.39, 0.29) is 6.04 Å². The average molecular weight is 493 g/mol. The normalized spacial score (nSPS) is 15.4. The Morgan fingerprint density at radius 3 is 2.78 bits per heavy atom. The molecule has 0 N–H and O–H groups in total. The van der Waals surface area contributed by atoms with E-state index in [0.717, 1.165) is 79.1 Å². The summed E-state index contributed by atoms with van der Waals surface area (Å²) in [7, 11) is 6.02. The summed E-state index contributed by atoms with van der Waals surface area (Å²) >= 11 is 0. The highest BCUT2D eigenvalue weighted by atomic mass is 16.5. The van der Waals surface area contributed by atoms with E-state index >= 15 is 0 Å². The van der Waals surface area contributed by atoms with Crippen molar-refractivity contribution in [3.05, 3.63) is 42.0 Å². The lowest BCUT2D eigenvalue weighted by atomic mass is 9.98.